The van der Waals surface area contributed by atoms with Gasteiger partial charge in [-0.25, -0.2) is 4.79 Å². The third-order valence-electron chi connectivity index (χ3n) is 5.27. The zero-order valence-electron chi connectivity index (χ0n) is 15.8. The van der Waals surface area contributed by atoms with E-state index in [0.29, 0.717) is 16.6 Å². The summed E-state index contributed by atoms with van der Waals surface area (Å²) in [4.78, 5) is 15.0. The Balaban J connectivity index is 1.87. The first-order valence-electron chi connectivity index (χ1n) is 9.13. The Morgan fingerprint density at radius 1 is 1.23 bits per heavy atom. The summed E-state index contributed by atoms with van der Waals surface area (Å²) < 4.78 is 5.85. The largest absolute Gasteiger partial charge is 0.459 e. The van der Waals surface area contributed by atoms with E-state index in [1.807, 2.05) is 50.2 Å². The Hall–Kier alpha value is -2.08. The molecule has 1 saturated carbocycles. The molecule has 3 atom stereocenters. The van der Waals surface area contributed by atoms with E-state index < -0.39 is 0 Å². The van der Waals surface area contributed by atoms with Crippen LogP contribution in [0.15, 0.2) is 35.5 Å². The van der Waals surface area contributed by atoms with Crippen LogP contribution in [0.2, 0.25) is 0 Å². The Morgan fingerprint density at radius 3 is 2.50 bits per heavy atom. The second kappa shape index (κ2) is 7.66. The minimum Gasteiger partial charge on any atom is -0.459 e. The first kappa shape index (κ1) is 18.7. The van der Waals surface area contributed by atoms with Crippen molar-refractivity contribution in [2.24, 2.45) is 5.92 Å². The Kier molecular flexibility index (Phi) is 5.51. The molecule has 1 aromatic carbocycles. The number of carbonyl (C=O) groups excluding carboxylic acids is 1. The predicted octanol–water partition coefficient (Wildman–Crippen LogP) is 3.28. The van der Waals surface area contributed by atoms with E-state index in [1.54, 1.807) is 0 Å². The van der Waals surface area contributed by atoms with Crippen molar-refractivity contribution in [2.45, 2.75) is 45.3 Å². The molecule has 6 heteroatoms. The van der Waals surface area contributed by atoms with E-state index in [0.717, 1.165) is 36.2 Å². The maximum Gasteiger partial charge on any atom is 0.338 e. The quantitative estimate of drug-likeness (QED) is 0.624. The summed E-state index contributed by atoms with van der Waals surface area (Å²) in [6, 6.07) is 7.84. The van der Waals surface area contributed by atoms with E-state index in [9.17, 15) is 4.79 Å². The number of hydrogen-bond acceptors (Lipinski definition) is 4. The van der Waals surface area contributed by atoms with Crippen LogP contribution in [0.3, 0.4) is 0 Å². The molecule has 0 aromatic heterocycles. The van der Waals surface area contributed by atoms with E-state index >= 15 is 0 Å². The first-order valence-corrected chi connectivity index (χ1v) is 9.54. The monoisotopic (exact) mass is 373 g/mol. The lowest BCUT2D eigenvalue weighted by atomic mass is 9.95. The summed E-state index contributed by atoms with van der Waals surface area (Å²) >= 11 is 5.31. The van der Waals surface area contributed by atoms with Crippen molar-refractivity contribution in [1.29, 1.82) is 0 Å². The van der Waals surface area contributed by atoms with E-state index in [-0.39, 0.29) is 18.1 Å². The zero-order chi connectivity index (χ0) is 18.8. The number of rotatable bonds is 4. The van der Waals surface area contributed by atoms with Gasteiger partial charge < -0.3 is 20.3 Å². The SMILES string of the molecule is CC1=C(C(=O)O[C@@H]2CCC[C@@H]2C)[C@H](c2ccc(N(C)C)cc2)NC(=S)N1. The molecule has 0 amide bonds. The van der Waals surface area contributed by atoms with Gasteiger partial charge in [0.2, 0.25) is 0 Å². The standard InChI is InChI=1S/C20H27N3O2S/c1-12-6-5-7-16(12)25-19(24)17-13(2)21-20(26)22-18(17)14-8-10-15(11-9-14)23(3)4/h8-12,16,18H,5-7H2,1-4H3,(H2,21,22,26)/t12-,16+,18-/m0/s1. The molecule has 1 fully saturated rings. The lowest BCUT2D eigenvalue weighted by Gasteiger charge is -2.31. The minimum atomic E-state index is -0.302. The molecule has 1 aliphatic heterocycles. The number of thiocarbonyl (C=S) groups is 1. The molecule has 1 aliphatic carbocycles. The lowest BCUT2D eigenvalue weighted by molar-refractivity contribution is -0.146. The van der Waals surface area contributed by atoms with Crippen LogP contribution in [0.1, 0.15) is 44.7 Å². The molecule has 140 valence electrons. The first-order chi connectivity index (χ1) is 12.4. The molecule has 2 N–H and O–H groups in total. The molecule has 5 nitrogen and oxygen atoms in total. The van der Waals surface area contributed by atoms with Gasteiger partial charge in [-0.2, -0.15) is 0 Å². The van der Waals surface area contributed by atoms with Crippen LogP contribution < -0.4 is 15.5 Å². The highest BCUT2D eigenvalue weighted by Gasteiger charge is 2.34. The lowest BCUT2D eigenvalue weighted by Crippen LogP contribution is -2.45. The van der Waals surface area contributed by atoms with Crippen molar-refractivity contribution in [1.82, 2.24) is 10.6 Å². The van der Waals surface area contributed by atoms with E-state index in [2.05, 4.69) is 17.6 Å². The molecule has 1 aromatic rings. The van der Waals surface area contributed by atoms with Gasteiger partial charge in [0.05, 0.1) is 11.6 Å². The van der Waals surface area contributed by atoms with Gasteiger partial charge in [-0.3, -0.25) is 0 Å². The number of esters is 1. The number of hydrogen-bond donors (Lipinski definition) is 2. The topological polar surface area (TPSA) is 53.6 Å². The van der Waals surface area contributed by atoms with Crippen LogP contribution >= 0.6 is 12.2 Å². The van der Waals surface area contributed by atoms with Crippen molar-refractivity contribution in [3.63, 3.8) is 0 Å². The highest BCUT2D eigenvalue weighted by molar-refractivity contribution is 7.80. The third-order valence-corrected chi connectivity index (χ3v) is 5.49. The normalized spacial score (nSPS) is 25.5. The van der Waals surface area contributed by atoms with Gasteiger partial charge in [-0.05, 0) is 62.0 Å². The fourth-order valence-electron chi connectivity index (χ4n) is 3.67. The fourth-order valence-corrected chi connectivity index (χ4v) is 3.94. The molecule has 26 heavy (non-hydrogen) atoms. The average Bonchev–Trinajstić information content (AvgIpc) is 2.99. The van der Waals surface area contributed by atoms with Crippen molar-refractivity contribution in [3.8, 4) is 0 Å². The smallest absolute Gasteiger partial charge is 0.338 e. The molecular formula is C20H27N3O2S. The maximum absolute atomic E-state index is 13.0. The second-order valence-electron chi connectivity index (χ2n) is 7.41. The van der Waals surface area contributed by atoms with Crippen LogP contribution in [0, 0.1) is 5.92 Å². The van der Waals surface area contributed by atoms with Gasteiger partial charge in [-0.1, -0.05) is 19.1 Å². The summed E-state index contributed by atoms with van der Waals surface area (Å²) in [6.45, 7) is 4.03. The second-order valence-corrected chi connectivity index (χ2v) is 7.82. The van der Waals surface area contributed by atoms with Crippen LogP contribution in [0.25, 0.3) is 0 Å². The van der Waals surface area contributed by atoms with Crippen molar-refractivity contribution >= 4 is 29.0 Å². The molecule has 1 heterocycles. The van der Waals surface area contributed by atoms with Crippen LogP contribution in [-0.4, -0.2) is 31.3 Å². The van der Waals surface area contributed by atoms with E-state index in [1.165, 1.54) is 0 Å². The Bertz CT molecular complexity index is 727. The van der Waals surface area contributed by atoms with E-state index in [4.69, 9.17) is 17.0 Å². The molecule has 3 rings (SSSR count). The summed E-state index contributed by atoms with van der Waals surface area (Å²) in [5, 5.41) is 6.82. The Labute approximate surface area is 160 Å². The molecule has 0 unspecified atom stereocenters. The summed E-state index contributed by atoms with van der Waals surface area (Å²) in [5.41, 5.74) is 3.46. The number of carbonyl (C=O) groups is 1. The van der Waals surface area contributed by atoms with Crippen molar-refractivity contribution < 1.29 is 9.53 Å². The highest BCUT2D eigenvalue weighted by atomic mass is 32.1. The summed E-state index contributed by atoms with van der Waals surface area (Å²) in [5.74, 6) is 0.161. The number of anilines is 1. The molecule has 0 saturated heterocycles. The molecule has 0 bridgehead atoms. The Morgan fingerprint density at radius 2 is 1.92 bits per heavy atom. The highest BCUT2D eigenvalue weighted by Crippen LogP contribution is 2.32. The number of ether oxygens (including phenoxy) is 1. The molecular weight excluding hydrogens is 346 g/mol. The van der Waals surface area contributed by atoms with Crippen molar-refractivity contribution in [2.75, 3.05) is 19.0 Å². The molecule has 0 radical (unpaired) electrons. The van der Waals surface area contributed by atoms with Gasteiger partial charge in [-0.15, -0.1) is 0 Å². The fraction of sp³-hybridized carbons (Fsp3) is 0.500. The van der Waals surface area contributed by atoms with Crippen LogP contribution in [-0.2, 0) is 9.53 Å². The van der Waals surface area contributed by atoms with Gasteiger partial charge in [0.25, 0.3) is 0 Å². The minimum absolute atomic E-state index is 0.00782. The number of allylic oxidation sites excluding steroid dienone is 1. The van der Waals surface area contributed by atoms with Gasteiger partial charge in [0.15, 0.2) is 5.11 Å². The van der Waals surface area contributed by atoms with Gasteiger partial charge >= 0.3 is 5.97 Å². The average molecular weight is 374 g/mol. The maximum atomic E-state index is 13.0. The van der Waals surface area contributed by atoms with Crippen LogP contribution in [0.5, 0.6) is 0 Å². The van der Waals surface area contributed by atoms with Gasteiger partial charge in [0.1, 0.15) is 6.10 Å². The summed E-state index contributed by atoms with van der Waals surface area (Å²) in [6.07, 6.45) is 3.19. The predicted molar refractivity (Wildman–Crippen MR) is 108 cm³/mol. The van der Waals surface area contributed by atoms with Crippen LogP contribution in [0.4, 0.5) is 5.69 Å². The molecule has 2 aliphatic rings. The molecule has 0 spiro atoms. The third kappa shape index (κ3) is 3.85. The number of benzene rings is 1. The number of nitrogens with zero attached hydrogens (tertiary/aromatic N) is 1. The summed E-state index contributed by atoms with van der Waals surface area (Å²) in [7, 11) is 4.01. The zero-order valence-corrected chi connectivity index (χ0v) is 16.7. The van der Waals surface area contributed by atoms with Crippen molar-refractivity contribution in [3.05, 3.63) is 41.1 Å². The number of nitrogens with one attached hydrogen (secondary N) is 2. The van der Waals surface area contributed by atoms with Gasteiger partial charge in [0, 0.05) is 25.5 Å².